The minimum atomic E-state index is -0.272. The smallest absolute Gasteiger partial charge is 0.131 e. The van der Waals surface area contributed by atoms with Gasteiger partial charge in [-0.3, -0.25) is 5.32 Å². The Hall–Kier alpha value is -8.39. The molecule has 0 saturated carbocycles. The molecule has 368 valence electrons. The molecule has 0 radical (unpaired) electrons. The van der Waals surface area contributed by atoms with Crippen molar-refractivity contribution in [1.82, 2.24) is 10.6 Å². The van der Waals surface area contributed by atoms with Crippen molar-refractivity contribution in [3.8, 4) is 0 Å². The van der Waals surface area contributed by atoms with E-state index in [1.54, 1.807) is 6.20 Å². The van der Waals surface area contributed by atoms with Crippen molar-refractivity contribution in [2.24, 2.45) is 22.6 Å². The van der Waals surface area contributed by atoms with Gasteiger partial charge in [0, 0.05) is 74.6 Å². The summed E-state index contributed by atoms with van der Waals surface area (Å²) >= 11 is 0. The summed E-state index contributed by atoms with van der Waals surface area (Å²) in [7, 11) is 0. The molecule has 4 aliphatic heterocycles. The number of nitrogens with one attached hydrogen (secondary N) is 2. The standard InChI is InChI=1S/C68H61N7/c1-2-44(38-39-69)66-70-67(45-16-6-3-7-17-45)72-68(71-66)46-26-32-53(33-27-46)75-64-36-30-49(47-28-34-62-56(40-47)54-22-12-14-24-60(54)73(62)51-18-8-4-9-19-51)42-58(64)59-43-50(31-37-65(59)75)48-29-35-63-57(41-48)55-23-13-15-25-61(55)74(63)52-20-10-5-11-21-52/h2-14,16-21,23-24,26-27,29-33,35-40,42,54,57,59,66,68,71H,15,22,25,28,34,41,43,69H2,1H3,(H,70,72)/b39-38-,44-2+. The topological polar surface area (TPSA) is 72.2 Å². The lowest BCUT2D eigenvalue weighted by molar-refractivity contribution is 0.441. The Bertz CT molecular complexity index is 3560. The van der Waals surface area contributed by atoms with E-state index < -0.39 is 0 Å². The summed E-state index contributed by atoms with van der Waals surface area (Å²) in [5, 5.41) is 7.40. The number of benzene rings is 5. The first-order valence-corrected chi connectivity index (χ1v) is 27.1. The van der Waals surface area contributed by atoms with Crippen LogP contribution in [0.5, 0.6) is 0 Å². The number of anilines is 4. The zero-order valence-electron chi connectivity index (χ0n) is 42.4. The van der Waals surface area contributed by atoms with E-state index in [1.807, 2.05) is 19.1 Å². The van der Waals surface area contributed by atoms with Crippen LogP contribution in [-0.4, -0.2) is 12.0 Å². The molecule has 7 heteroatoms. The van der Waals surface area contributed by atoms with Crippen LogP contribution in [0.15, 0.2) is 274 Å². The lowest BCUT2D eigenvalue weighted by Gasteiger charge is -2.33. The molecule has 5 atom stereocenters. The first-order chi connectivity index (χ1) is 37.1. The maximum absolute atomic E-state index is 5.94. The summed E-state index contributed by atoms with van der Waals surface area (Å²) in [5.74, 6) is 1.78. The third-order valence-corrected chi connectivity index (χ3v) is 16.9. The van der Waals surface area contributed by atoms with Gasteiger partial charge in [0.15, 0.2) is 0 Å². The summed E-state index contributed by atoms with van der Waals surface area (Å²) < 4.78 is 0. The predicted octanol–water partition coefficient (Wildman–Crippen LogP) is 14.9. The highest BCUT2D eigenvalue weighted by atomic mass is 15.3. The van der Waals surface area contributed by atoms with Crippen molar-refractivity contribution in [3.63, 3.8) is 0 Å². The molecule has 7 nitrogen and oxygen atoms in total. The van der Waals surface area contributed by atoms with Gasteiger partial charge in [-0.1, -0.05) is 134 Å². The molecule has 5 unspecified atom stereocenters. The Morgan fingerprint density at radius 3 is 2.00 bits per heavy atom. The van der Waals surface area contributed by atoms with Gasteiger partial charge in [-0.2, -0.15) is 0 Å². The van der Waals surface area contributed by atoms with Crippen molar-refractivity contribution < 1.29 is 0 Å². The molecule has 0 fully saturated rings. The molecule has 4 N–H and O–H groups in total. The number of nitrogens with zero attached hydrogens (tertiary/aromatic N) is 4. The third-order valence-electron chi connectivity index (χ3n) is 16.9. The van der Waals surface area contributed by atoms with Crippen LogP contribution in [0.2, 0.25) is 0 Å². The van der Waals surface area contributed by atoms with Gasteiger partial charge in [-0.15, -0.1) is 0 Å². The van der Waals surface area contributed by atoms with E-state index in [0.29, 0.717) is 11.8 Å². The number of para-hydroxylation sites is 2. The third kappa shape index (κ3) is 7.79. The molecule has 4 heterocycles. The number of hydrogen-bond acceptors (Lipinski definition) is 7. The van der Waals surface area contributed by atoms with Crippen LogP contribution in [0.25, 0.3) is 5.57 Å². The average Bonchev–Trinajstić information content (AvgIpc) is 4.13. The highest BCUT2D eigenvalue weighted by molar-refractivity contribution is 5.99. The van der Waals surface area contributed by atoms with Crippen molar-refractivity contribution in [2.45, 2.75) is 70.1 Å². The van der Waals surface area contributed by atoms with Gasteiger partial charge in [-0.25, -0.2) is 4.99 Å². The van der Waals surface area contributed by atoms with Crippen LogP contribution in [0.1, 0.15) is 86.2 Å². The molecule has 0 saturated heterocycles. The van der Waals surface area contributed by atoms with Crippen molar-refractivity contribution in [2.75, 3.05) is 14.7 Å². The minimum Gasteiger partial charge on any atom is -0.405 e. The second kappa shape index (κ2) is 18.8. The number of aliphatic imine (C=N–C) groups is 1. The molecular formula is C68H61N7. The lowest BCUT2D eigenvalue weighted by Crippen LogP contribution is -2.52. The van der Waals surface area contributed by atoms with Crippen LogP contribution in [-0.2, 0) is 0 Å². The average molecular weight is 976 g/mol. The van der Waals surface area contributed by atoms with Crippen molar-refractivity contribution in [3.05, 3.63) is 291 Å². The van der Waals surface area contributed by atoms with E-state index >= 15 is 0 Å². The van der Waals surface area contributed by atoms with Gasteiger partial charge in [0.1, 0.15) is 18.2 Å². The largest absolute Gasteiger partial charge is 0.405 e. The maximum Gasteiger partial charge on any atom is 0.131 e. The van der Waals surface area contributed by atoms with Gasteiger partial charge >= 0.3 is 0 Å². The SMILES string of the molecule is C/C=C(\C=C/N)C1NC(c2ccccc2)=NC(c2ccc(N3C4=CC=C(C5=CC=C6C(C5)C5=C(CCC=C5)N6c5ccccc5)CC4c4cc(C5=CC6=C(CC5)N(c5ccccc5)C5=CC=CCC56)ccc43)cc2)N1. The van der Waals surface area contributed by atoms with Crippen LogP contribution < -0.4 is 31.1 Å². The molecule has 9 aliphatic rings. The maximum atomic E-state index is 5.94. The van der Waals surface area contributed by atoms with Crippen molar-refractivity contribution >= 4 is 34.2 Å². The summed E-state index contributed by atoms with van der Waals surface area (Å²) in [4.78, 5) is 12.9. The number of amidine groups is 1. The monoisotopic (exact) mass is 975 g/mol. The van der Waals surface area contributed by atoms with Crippen LogP contribution in [0.4, 0.5) is 22.7 Å². The van der Waals surface area contributed by atoms with Crippen LogP contribution in [0.3, 0.4) is 0 Å². The van der Waals surface area contributed by atoms with Gasteiger partial charge in [0.25, 0.3) is 0 Å². The van der Waals surface area contributed by atoms with E-state index in [2.05, 4.69) is 220 Å². The molecule has 75 heavy (non-hydrogen) atoms. The van der Waals surface area contributed by atoms with E-state index in [4.69, 9.17) is 10.7 Å². The van der Waals surface area contributed by atoms with Crippen LogP contribution in [0, 0.1) is 11.8 Å². The normalized spacial score (nSPS) is 24.5. The first kappa shape index (κ1) is 45.2. The Morgan fingerprint density at radius 2 is 1.28 bits per heavy atom. The summed E-state index contributed by atoms with van der Waals surface area (Å²) in [5.41, 5.74) is 31.2. The predicted molar refractivity (Wildman–Crippen MR) is 308 cm³/mol. The Morgan fingerprint density at radius 1 is 0.613 bits per heavy atom. The number of fused-ring (bicyclic) bond motifs is 7. The number of rotatable bonds is 9. The molecular weight excluding hydrogens is 915 g/mol. The summed E-state index contributed by atoms with van der Waals surface area (Å²) in [6.07, 6.45) is 36.4. The van der Waals surface area contributed by atoms with Gasteiger partial charge < -0.3 is 25.8 Å². The van der Waals surface area contributed by atoms with Crippen molar-refractivity contribution in [1.29, 1.82) is 0 Å². The van der Waals surface area contributed by atoms with Gasteiger partial charge in [-0.05, 0) is 181 Å². The van der Waals surface area contributed by atoms with Gasteiger partial charge in [0.2, 0.25) is 0 Å². The molecule has 0 spiro atoms. The number of hydrogen-bond donors (Lipinski definition) is 3. The minimum absolute atomic E-state index is 0.173. The summed E-state index contributed by atoms with van der Waals surface area (Å²) in [6, 6.07) is 48.8. The Labute approximate surface area is 441 Å². The van der Waals surface area contributed by atoms with Crippen LogP contribution >= 0.6 is 0 Å². The summed E-state index contributed by atoms with van der Waals surface area (Å²) in [6.45, 7) is 2.05. The molecule has 5 aromatic rings. The molecule has 0 aromatic heterocycles. The van der Waals surface area contributed by atoms with Gasteiger partial charge in [0.05, 0.1) is 0 Å². The fourth-order valence-electron chi connectivity index (χ4n) is 13.4. The molecule has 14 rings (SSSR count). The molecule has 5 aromatic carbocycles. The lowest BCUT2D eigenvalue weighted by atomic mass is 9.78. The van der Waals surface area contributed by atoms with E-state index in [1.165, 1.54) is 84.5 Å². The second-order valence-electron chi connectivity index (χ2n) is 21.0. The number of allylic oxidation sites excluding steroid dienone is 19. The molecule has 0 amide bonds. The zero-order chi connectivity index (χ0) is 50.0. The highest BCUT2D eigenvalue weighted by Crippen LogP contribution is 2.56. The fraction of sp³-hybridized carbons (Fsp3) is 0.191. The quantitative estimate of drug-likeness (QED) is 0.128. The molecule has 0 bridgehead atoms. The highest BCUT2D eigenvalue weighted by Gasteiger charge is 2.42. The van der Waals surface area contributed by atoms with E-state index in [9.17, 15) is 0 Å². The number of nitrogens with two attached hydrogens (primary N) is 1. The van der Waals surface area contributed by atoms with E-state index in [0.717, 1.165) is 73.2 Å². The zero-order valence-corrected chi connectivity index (χ0v) is 42.4. The van der Waals surface area contributed by atoms with E-state index in [-0.39, 0.29) is 18.2 Å². The fourth-order valence-corrected chi connectivity index (χ4v) is 13.4. The Balaban J connectivity index is 0.832. The second-order valence-corrected chi connectivity index (χ2v) is 21.0. The first-order valence-electron chi connectivity index (χ1n) is 27.1. The molecule has 5 aliphatic carbocycles. The Kier molecular flexibility index (Phi) is 11.4.